The normalized spacial score (nSPS) is 11.5. The summed E-state index contributed by atoms with van der Waals surface area (Å²) in [4.78, 5) is 4.40. The Balaban J connectivity index is 2.39. The van der Waals surface area contributed by atoms with Crippen molar-refractivity contribution in [3.05, 3.63) is 59.8 Å². The highest BCUT2D eigenvalue weighted by Crippen LogP contribution is 2.22. The van der Waals surface area contributed by atoms with Gasteiger partial charge in [-0.05, 0) is 47.4 Å². The van der Waals surface area contributed by atoms with E-state index in [9.17, 15) is 0 Å². The molecule has 0 radical (unpaired) electrons. The van der Waals surface area contributed by atoms with E-state index in [-0.39, 0.29) is 0 Å². The number of aromatic nitrogens is 1. The fourth-order valence-electron chi connectivity index (χ4n) is 1.69. The first-order chi connectivity index (χ1) is 8.31. The Hall–Kier alpha value is -1.54. The van der Waals surface area contributed by atoms with Gasteiger partial charge in [-0.2, -0.15) is 0 Å². The molecule has 0 bridgehead atoms. The van der Waals surface area contributed by atoms with E-state index in [0.717, 1.165) is 5.69 Å². The van der Waals surface area contributed by atoms with E-state index >= 15 is 0 Å². The van der Waals surface area contributed by atoms with Crippen molar-refractivity contribution in [2.45, 2.75) is 6.92 Å². The Morgan fingerprint density at radius 1 is 1.12 bits per heavy atom. The van der Waals surface area contributed by atoms with Crippen molar-refractivity contribution in [2.75, 3.05) is 6.26 Å². The van der Waals surface area contributed by atoms with Crippen LogP contribution >= 0.6 is 11.8 Å². The van der Waals surface area contributed by atoms with Gasteiger partial charge in [0.25, 0.3) is 0 Å². The lowest BCUT2D eigenvalue weighted by Crippen LogP contribution is -1.86. The van der Waals surface area contributed by atoms with E-state index in [1.54, 1.807) is 11.8 Å². The zero-order valence-corrected chi connectivity index (χ0v) is 10.9. The Kier molecular flexibility index (Phi) is 3.99. The summed E-state index contributed by atoms with van der Waals surface area (Å²) < 4.78 is 0. The molecule has 2 aromatic rings. The molecule has 1 aromatic carbocycles. The number of allylic oxidation sites excluding steroid dienone is 1. The third-order valence-electron chi connectivity index (χ3n) is 2.57. The first-order valence-corrected chi connectivity index (χ1v) is 6.81. The van der Waals surface area contributed by atoms with Crippen molar-refractivity contribution >= 4 is 17.3 Å². The monoisotopic (exact) mass is 241 g/mol. The van der Waals surface area contributed by atoms with Crippen LogP contribution in [0, 0.1) is 0 Å². The summed E-state index contributed by atoms with van der Waals surface area (Å²) >= 11 is 1.70. The number of benzene rings is 1. The van der Waals surface area contributed by atoms with Crippen LogP contribution in [0.1, 0.15) is 12.6 Å². The Bertz CT molecular complexity index is 517. The van der Waals surface area contributed by atoms with Crippen molar-refractivity contribution in [1.82, 2.24) is 4.98 Å². The quantitative estimate of drug-likeness (QED) is 0.786. The molecule has 0 spiro atoms. The maximum atomic E-state index is 4.40. The molecule has 0 fully saturated rings. The molecule has 0 aliphatic heterocycles. The topological polar surface area (TPSA) is 12.9 Å². The number of rotatable bonds is 3. The molecule has 2 heteroatoms. The predicted molar refractivity (Wildman–Crippen MR) is 76.8 cm³/mol. The highest BCUT2D eigenvalue weighted by molar-refractivity contribution is 8.01. The number of hydrogen-bond acceptors (Lipinski definition) is 2. The van der Waals surface area contributed by atoms with Gasteiger partial charge in [-0.15, -0.1) is 11.8 Å². The summed E-state index contributed by atoms with van der Waals surface area (Å²) in [5, 5.41) is 2.12. The largest absolute Gasteiger partial charge is 0.257 e. The first-order valence-electron chi connectivity index (χ1n) is 5.52. The minimum Gasteiger partial charge on any atom is -0.257 e. The van der Waals surface area contributed by atoms with Gasteiger partial charge in [-0.3, -0.25) is 4.98 Å². The van der Waals surface area contributed by atoms with Crippen molar-refractivity contribution in [3.63, 3.8) is 0 Å². The van der Waals surface area contributed by atoms with Crippen LogP contribution in [-0.2, 0) is 0 Å². The molecule has 86 valence electrons. The smallest absolute Gasteiger partial charge is 0.0670 e. The second kappa shape index (κ2) is 5.69. The minimum absolute atomic E-state index is 1.04. The number of nitrogens with zero attached hydrogens (tertiary/aromatic N) is 1. The molecular formula is C15H15NS. The standard InChI is InChI=1S/C15H15NS/c1-12(11-17-2)15-10-14(8-9-16-15)13-6-4-3-5-7-13/h3-11H,1-2H3/b12-11-. The number of pyridine rings is 1. The van der Waals surface area contributed by atoms with Gasteiger partial charge < -0.3 is 0 Å². The predicted octanol–water partition coefficient (Wildman–Crippen LogP) is 4.47. The molecule has 0 amide bonds. The third kappa shape index (κ3) is 2.98. The number of thioether (sulfide) groups is 1. The van der Waals surface area contributed by atoms with Crippen molar-refractivity contribution in [3.8, 4) is 11.1 Å². The average molecular weight is 241 g/mol. The van der Waals surface area contributed by atoms with Crippen LogP contribution in [0.25, 0.3) is 16.7 Å². The first kappa shape index (κ1) is 11.9. The van der Waals surface area contributed by atoms with Crippen LogP contribution in [0.5, 0.6) is 0 Å². The van der Waals surface area contributed by atoms with Gasteiger partial charge >= 0.3 is 0 Å². The highest BCUT2D eigenvalue weighted by Gasteiger charge is 2.01. The highest BCUT2D eigenvalue weighted by atomic mass is 32.2. The second-order valence-corrected chi connectivity index (χ2v) is 4.54. The molecule has 0 saturated heterocycles. The summed E-state index contributed by atoms with van der Waals surface area (Å²) in [7, 11) is 0. The van der Waals surface area contributed by atoms with Gasteiger partial charge in [-0.1, -0.05) is 30.3 Å². The van der Waals surface area contributed by atoms with E-state index in [1.807, 2.05) is 18.3 Å². The minimum atomic E-state index is 1.04. The van der Waals surface area contributed by atoms with Crippen LogP contribution in [0.2, 0.25) is 0 Å². The van der Waals surface area contributed by atoms with Crippen LogP contribution in [0.15, 0.2) is 54.1 Å². The van der Waals surface area contributed by atoms with Gasteiger partial charge in [0.05, 0.1) is 5.69 Å². The van der Waals surface area contributed by atoms with Gasteiger partial charge in [-0.25, -0.2) is 0 Å². The lowest BCUT2D eigenvalue weighted by Gasteiger charge is -2.04. The van der Waals surface area contributed by atoms with Crippen LogP contribution in [0.4, 0.5) is 0 Å². The molecule has 0 atom stereocenters. The van der Waals surface area contributed by atoms with Crippen LogP contribution < -0.4 is 0 Å². The van der Waals surface area contributed by atoms with E-state index in [2.05, 4.69) is 53.9 Å². The summed E-state index contributed by atoms with van der Waals surface area (Å²) in [6, 6.07) is 14.6. The Labute approximate surface area is 107 Å². The Morgan fingerprint density at radius 3 is 2.59 bits per heavy atom. The van der Waals surface area contributed by atoms with Crippen molar-refractivity contribution < 1.29 is 0 Å². The van der Waals surface area contributed by atoms with E-state index in [1.165, 1.54) is 16.7 Å². The molecule has 0 aliphatic rings. The summed E-state index contributed by atoms with van der Waals surface area (Å²) in [5.41, 5.74) is 4.69. The maximum absolute atomic E-state index is 4.40. The summed E-state index contributed by atoms with van der Waals surface area (Å²) in [6.07, 6.45) is 3.93. The molecule has 17 heavy (non-hydrogen) atoms. The Morgan fingerprint density at radius 2 is 1.88 bits per heavy atom. The van der Waals surface area contributed by atoms with Gasteiger partial charge in [0, 0.05) is 6.20 Å². The molecule has 0 N–H and O–H groups in total. The third-order valence-corrected chi connectivity index (χ3v) is 3.15. The SMILES string of the molecule is CS/C=C(/C)c1cc(-c2ccccc2)ccn1. The average Bonchev–Trinajstić information content (AvgIpc) is 2.40. The van der Waals surface area contributed by atoms with E-state index in [4.69, 9.17) is 0 Å². The molecule has 0 unspecified atom stereocenters. The lowest BCUT2D eigenvalue weighted by atomic mass is 10.0. The summed E-state index contributed by atoms with van der Waals surface area (Å²) in [6.45, 7) is 2.09. The maximum Gasteiger partial charge on any atom is 0.0670 e. The molecule has 0 aliphatic carbocycles. The van der Waals surface area contributed by atoms with E-state index in [0.29, 0.717) is 0 Å². The molecule has 2 rings (SSSR count). The summed E-state index contributed by atoms with van der Waals surface area (Å²) in [5.74, 6) is 0. The van der Waals surface area contributed by atoms with Gasteiger partial charge in [0.1, 0.15) is 0 Å². The second-order valence-electron chi connectivity index (χ2n) is 3.83. The lowest BCUT2D eigenvalue weighted by molar-refractivity contribution is 1.27. The van der Waals surface area contributed by atoms with Crippen molar-refractivity contribution in [1.29, 1.82) is 0 Å². The fraction of sp³-hybridized carbons (Fsp3) is 0.133. The molecule has 1 heterocycles. The number of hydrogen-bond donors (Lipinski definition) is 0. The van der Waals surface area contributed by atoms with Crippen LogP contribution in [-0.4, -0.2) is 11.2 Å². The zero-order chi connectivity index (χ0) is 12.1. The van der Waals surface area contributed by atoms with Crippen LogP contribution in [0.3, 0.4) is 0 Å². The van der Waals surface area contributed by atoms with Gasteiger partial charge in [0.15, 0.2) is 0 Å². The molecule has 1 aromatic heterocycles. The van der Waals surface area contributed by atoms with Crippen molar-refractivity contribution in [2.24, 2.45) is 0 Å². The zero-order valence-electron chi connectivity index (χ0n) is 10.1. The molecule has 0 saturated carbocycles. The molecular weight excluding hydrogens is 226 g/mol. The van der Waals surface area contributed by atoms with E-state index < -0.39 is 0 Å². The fourth-order valence-corrected chi connectivity index (χ4v) is 2.17. The molecule has 1 nitrogen and oxygen atoms in total. The van der Waals surface area contributed by atoms with Gasteiger partial charge in [0.2, 0.25) is 0 Å².